The minimum absolute atomic E-state index is 0.116. The van der Waals surface area contributed by atoms with Crippen LogP contribution in [0.1, 0.15) is 5.56 Å². The lowest BCUT2D eigenvalue weighted by Gasteiger charge is -2.04. The fraction of sp³-hybridized carbons (Fsp3) is 0.250. The zero-order valence-corrected chi connectivity index (χ0v) is 10.4. The molecule has 0 heterocycles. The molecule has 1 aromatic rings. The van der Waals surface area contributed by atoms with Crippen LogP contribution in [0.3, 0.4) is 0 Å². The molecule has 0 bridgehead atoms. The minimum Gasteiger partial charge on any atom is -0.341 e. The first-order chi connectivity index (χ1) is 7.80. The molecule has 1 aromatic carbocycles. The van der Waals surface area contributed by atoms with Crippen LogP contribution in [-0.2, 0) is 15.3 Å². The van der Waals surface area contributed by atoms with Crippen LogP contribution in [0.5, 0.6) is 0 Å². The van der Waals surface area contributed by atoms with E-state index < -0.39 is 26.2 Å². The van der Waals surface area contributed by atoms with Crippen molar-refractivity contribution >= 4 is 21.1 Å². The molecule has 92 valence electrons. The number of nitro groups is 1. The first-order valence-corrected chi connectivity index (χ1v) is 7.91. The molecular formula is C8H10NO6P2+. The van der Waals surface area contributed by atoms with Crippen LogP contribution in [0.25, 0.3) is 0 Å². The zero-order chi connectivity index (χ0) is 13.1. The molecule has 0 amide bonds. The van der Waals surface area contributed by atoms with E-state index >= 15 is 0 Å². The number of rotatable bonds is 5. The lowest BCUT2D eigenvalue weighted by atomic mass is 10.2. The molecule has 9 heteroatoms. The molecule has 17 heavy (non-hydrogen) atoms. The fourth-order valence-electron chi connectivity index (χ4n) is 1.25. The van der Waals surface area contributed by atoms with E-state index in [0.717, 1.165) is 0 Å². The summed E-state index contributed by atoms with van der Waals surface area (Å²) in [4.78, 5) is 27.8. The van der Waals surface area contributed by atoms with E-state index in [4.69, 9.17) is 4.89 Å². The maximum absolute atomic E-state index is 11.5. The Labute approximate surface area is 97.6 Å². The standard InChI is InChI=1S/C8H9NO6P2/c10-9(11)8-3-1-7(2-4-8)5-17(14,15)6-16(12)13/h1-4H,5-6H2,(H-,12,13,14,15)/p+1. The predicted octanol–water partition coefficient (Wildman–Crippen LogP) is 2.06. The quantitative estimate of drug-likeness (QED) is 0.483. The summed E-state index contributed by atoms with van der Waals surface area (Å²) in [5, 5.41) is 10.4. The molecule has 2 N–H and O–H groups in total. The van der Waals surface area contributed by atoms with Crippen LogP contribution in [0.15, 0.2) is 24.3 Å². The van der Waals surface area contributed by atoms with Crippen LogP contribution >= 0.6 is 15.4 Å². The molecule has 0 aliphatic heterocycles. The van der Waals surface area contributed by atoms with Gasteiger partial charge in [0.15, 0.2) is 0 Å². The summed E-state index contributed by atoms with van der Waals surface area (Å²) >= 11 is 0. The summed E-state index contributed by atoms with van der Waals surface area (Å²) in [7, 11) is -6.39. The Morgan fingerprint density at radius 1 is 1.35 bits per heavy atom. The smallest absolute Gasteiger partial charge is 0.341 e. The van der Waals surface area contributed by atoms with Gasteiger partial charge >= 0.3 is 8.03 Å². The van der Waals surface area contributed by atoms with Crippen LogP contribution in [0.2, 0.25) is 0 Å². The van der Waals surface area contributed by atoms with Crippen LogP contribution in [-0.4, -0.2) is 20.6 Å². The number of nitro benzene ring substituents is 1. The molecule has 1 rings (SSSR count). The molecule has 2 unspecified atom stereocenters. The van der Waals surface area contributed by atoms with E-state index in [2.05, 4.69) is 0 Å². The van der Waals surface area contributed by atoms with Crippen molar-refractivity contribution in [3.05, 3.63) is 39.9 Å². The highest BCUT2D eigenvalue weighted by atomic mass is 31.2. The predicted molar refractivity (Wildman–Crippen MR) is 61.3 cm³/mol. The number of non-ortho nitro benzene ring substituents is 1. The van der Waals surface area contributed by atoms with Gasteiger partial charge in [-0.3, -0.25) is 14.7 Å². The zero-order valence-electron chi connectivity index (χ0n) is 8.59. The molecular weight excluding hydrogens is 268 g/mol. The van der Waals surface area contributed by atoms with Crippen molar-refractivity contribution < 1.29 is 23.8 Å². The summed E-state index contributed by atoms with van der Waals surface area (Å²) in [5.74, 6) is -0.667. The largest absolute Gasteiger partial charge is 0.515 e. The Morgan fingerprint density at radius 2 is 1.88 bits per heavy atom. The maximum atomic E-state index is 11.5. The van der Waals surface area contributed by atoms with Crippen molar-refractivity contribution in [1.82, 2.24) is 0 Å². The van der Waals surface area contributed by atoms with E-state index in [1.165, 1.54) is 24.3 Å². The Bertz CT molecular complexity index is 485. The second-order valence-electron chi connectivity index (χ2n) is 3.42. The van der Waals surface area contributed by atoms with E-state index in [1.54, 1.807) is 0 Å². The first kappa shape index (κ1) is 13.9. The lowest BCUT2D eigenvalue weighted by molar-refractivity contribution is -0.384. The van der Waals surface area contributed by atoms with Crippen molar-refractivity contribution in [3.63, 3.8) is 0 Å². The molecule has 0 spiro atoms. The van der Waals surface area contributed by atoms with E-state index in [1.807, 2.05) is 0 Å². The number of benzene rings is 1. The Kier molecular flexibility index (Phi) is 4.48. The normalized spacial score (nSPS) is 15.1. The van der Waals surface area contributed by atoms with Gasteiger partial charge in [0.1, 0.15) is 0 Å². The summed E-state index contributed by atoms with van der Waals surface area (Å²) in [6.07, 6.45) is -0.271. The van der Waals surface area contributed by atoms with Crippen molar-refractivity contribution in [2.75, 3.05) is 5.90 Å². The van der Waals surface area contributed by atoms with Gasteiger partial charge in [-0.05, 0) is 10.1 Å². The highest BCUT2D eigenvalue weighted by Crippen LogP contribution is 2.50. The van der Waals surface area contributed by atoms with Crippen LogP contribution < -0.4 is 0 Å². The molecule has 0 aliphatic carbocycles. The van der Waals surface area contributed by atoms with Gasteiger partial charge in [0.25, 0.3) is 19.0 Å². The Morgan fingerprint density at radius 3 is 2.29 bits per heavy atom. The Hall–Kier alpha value is -1.13. The highest BCUT2D eigenvalue weighted by molar-refractivity contribution is 7.67. The van der Waals surface area contributed by atoms with Gasteiger partial charge < -0.3 is 4.89 Å². The third-order valence-electron chi connectivity index (χ3n) is 1.92. The van der Waals surface area contributed by atoms with Crippen molar-refractivity contribution in [3.8, 4) is 0 Å². The summed E-state index contributed by atoms with van der Waals surface area (Å²) in [6.45, 7) is 0. The van der Waals surface area contributed by atoms with Gasteiger partial charge in [-0.2, -0.15) is 4.89 Å². The van der Waals surface area contributed by atoms with Crippen LogP contribution in [0, 0.1) is 10.1 Å². The molecule has 0 radical (unpaired) electrons. The van der Waals surface area contributed by atoms with Crippen molar-refractivity contribution in [2.24, 2.45) is 0 Å². The average molecular weight is 278 g/mol. The highest BCUT2D eigenvalue weighted by Gasteiger charge is 2.30. The fourth-order valence-corrected chi connectivity index (χ4v) is 3.94. The Balaban J connectivity index is 2.79. The first-order valence-electron chi connectivity index (χ1n) is 4.48. The number of hydrogen-bond donors (Lipinski definition) is 2. The van der Waals surface area contributed by atoms with Gasteiger partial charge in [-0.1, -0.05) is 12.1 Å². The number of nitrogens with zero attached hydrogens (tertiary/aromatic N) is 1. The third kappa shape index (κ3) is 4.71. The SMILES string of the molecule is O=[N+]([O-])c1ccc(CP(=O)(O)C[P+](=O)O)cc1. The number of hydrogen-bond acceptors (Lipinski definition) is 4. The third-order valence-corrected chi connectivity index (χ3v) is 5.51. The van der Waals surface area contributed by atoms with Crippen LogP contribution in [0.4, 0.5) is 5.69 Å². The topological polar surface area (TPSA) is 118 Å². The van der Waals surface area contributed by atoms with Crippen molar-refractivity contribution in [2.45, 2.75) is 6.16 Å². The minimum atomic E-state index is -3.71. The monoisotopic (exact) mass is 278 g/mol. The molecule has 0 fully saturated rings. The van der Waals surface area contributed by atoms with E-state index in [0.29, 0.717) is 5.56 Å². The van der Waals surface area contributed by atoms with Gasteiger partial charge in [0, 0.05) is 12.1 Å². The second-order valence-corrected chi connectivity index (χ2v) is 7.27. The summed E-state index contributed by atoms with van der Waals surface area (Å²) in [5.41, 5.74) is 0.299. The van der Waals surface area contributed by atoms with Gasteiger partial charge in [0.05, 0.1) is 11.1 Å². The second kappa shape index (κ2) is 5.47. The molecule has 0 aliphatic rings. The maximum Gasteiger partial charge on any atom is 0.515 e. The lowest BCUT2D eigenvalue weighted by Crippen LogP contribution is -1.92. The van der Waals surface area contributed by atoms with Gasteiger partial charge in [-0.15, -0.1) is 0 Å². The van der Waals surface area contributed by atoms with Gasteiger partial charge in [-0.25, -0.2) is 0 Å². The molecule has 0 saturated heterocycles. The van der Waals surface area contributed by atoms with Gasteiger partial charge in [0.2, 0.25) is 0 Å². The molecule has 7 nitrogen and oxygen atoms in total. The molecule has 0 aromatic heterocycles. The average Bonchev–Trinajstić information content (AvgIpc) is 2.15. The van der Waals surface area contributed by atoms with E-state index in [9.17, 15) is 24.1 Å². The molecule has 2 atom stereocenters. The van der Waals surface area contributed by atoms with Crippen molar-refractivity contribution in [1.29, 1.82) is 0 Å². The van der Waals surface area contributed by atoms with E-state index in [-0.39, 0.29) is 11.8 Å². The molecule has 0 saturated carbocycles. The summed E-state index contributed by atoms with van der Waals surface area (Å²) in [6, 6.07) is 5.14. The summed E-state index contributed by atoms with van der Waals surface area (Å²) < 4.78 is 22.0.